The lowest BCUT2D eigenvalue weighted by Gasteiger charge is -2.08. The number of aromatic nitrogens is 4. The smallest absolute Gasteiger partial charge is 0.316 e. The highest BCUT2D eigenvalue weighted by Gasteiger charge is 2.16. The molecule has 3 rings (SSSR count). The van der Waals surface area contributed by atoms with E-state index >= 15 is 0 Å². The van der Waals surface area contributed by atoms with Gasteiger partial charge in [-0.25, -0.2) is 15.0 Å². The SMILES string of the molecule is COc1ncc(-c2[nH]c3ncc(C#CCCO)cc3c2CC(C)C)cn1. The van der Waals surface area contributed by atoms with E-state index in [1.54, 1.807) is 25.7 Å². The summed E-state index contributed by atoms with van der Waals surface area (Å²) in [7, 11) is 1.55. The fourth-order valence-corrected chi connectivity index (χ4v) is 2.83. The zero-order valence-corrected chi connectivity index (χ0v) is 15.2. The number of hydrogen-bond acceptors (Lipinski definition) is 5. The Morgan fingerprint density at radius 1 is 1.19 bits per heavy atom. The Balaban J connectivity index is 2.11. The van der Waals surface area contributed by atoms with E-state index < -0.39 is 0 Å². The highest BCUT2D eigenvalue weighted by molar-refractivity contribution is 5.89. The minimum Gasteiger partial charge on any atom is -0.467 e. The molecule has 2 N–H and O–H groups in total. The van der Waals surface area contributed by atoms with Crippen LogP contribution < -0.4 is 4.74 Å². The van der Waals surface area contributed by atoms with Gasteiger partial charge in [0.2, 0.25) is 0 Å². The third kappa shape index (κ3) is 3.84. The Morgan fingerprint density at radius 2 is 1.96 bits per heavy atom. The van der Waals surface area contributed by atoms with Gasteiger partial charge < -0.3 is 14.8 Å². The molecule has 3 heterocycles. The van der Waals surface area contributed by atoms with Crippen LogP contribution in [0.2, 0.25) is 0 Å². The van der Waals surface area contributed by atoms with E-state index in [1.807, 2.05) is 0 Å². The van der Waals surface area contributed by atoms with Crippen molar-refractivity contribution in [2.45, 2.75) is 26.7 Å². The van der Waals surface area contributed by atoms with Crippen molar-refractivity contribution in [2.75, 3.05) is 13.7 Å². The average molecular weight is 350 g/mol. The number of aliphatic hydroxyl groups is 1. The van der Waals surface area contributed by atoms with Crippen LogP contribution in [0.15, 0.2) is 24.7 Å². The van der Waals surface area contributed by atoms with E-state index in [0.717, 1.165) is 34.3 Å². The number of hydrogen-bond donors (Lipinski definition) is 2. The summed E-state index contributed by atoms with van der Waals surface area (Å²) < 4.78 is 5.04. The summed E-state index contributed by atoms with van der Waals surface area (Å²) in [5.41, 5.74) is 4.71. The predicted octanol–water partition coefficient (Wildman–Crippen LogP) is 2.96. The third-order valence-corrected chi connectivity index (χ3v) is 3.94. The predicted molar refractivity (Wildman–Crippen MR) is 101 cm³/mol. The summed E-state index contributed by atoms with van der Waals surface area (Å²) in [6.45, 7) is 4.43. The lowest BCUT2D eigenvalue weighted by molar-refractivity contribution is 0.305. The van der Waals surface area contributed by atoms with Gasteiger partial charge in [-0.3, -0.25) is 0 Å². The van der Waals surface area contributed by atoms with Crippen LogP contribution in [0.4, 0.5) is 0 Å². The number of nitrogens with zero attached hydrogens (tertiary/aromatic N) is 3. The van der Waals surface area contributed by atoms with Gasteiger partial charge in [0.15, 0.2) is 0 Å². The molecule has 0 unspecified atom stereocenters. The number of aromatic amines is 1. The van der Waals surface area contributed by atoms with Gasteiger partial charge in [-0.15, -0.1) is 0 Å². The number of pyridine rings is 1. The van der Waals surface area contributed by atoms with Gasteiger partial charge >= 0.3 is 6.01 Å². The maximum Gasteiger partial charge on any atom is 0.316 e. The number of H-pyrrole nitrogens is 1. The van der Waals surface area contributed by atoms with Crippen LogP contribution >= 0.6 is 0 Å². The van der Waals surface area contributed by atoms with Gasteiger partial charge in [0.1, 0.15) is 5.65 Å². The largest absolute Gasteiger partial charge is 0.467 e. The molecule has 0 aromatic carbocycles. The number of nitrogens with one attached hydrogen (secondary N) is 1. The molecule has 0 radical (unpaired) electrons. The molecule has 0 saturated carbocycles. The van der Waals surface area contributed by atoms with Crippen molar-refractivity contribution < 1.29 is 9.84 Å². The molecular weight excluding hydrogens is 328 g/mol. The molecule has 26 heavy (non-hydrogen) atoms. The standard InChI is InChI=1S/C20H22N4O2/c1-13(2)8-16-17-9-14(6-4-5-7-25)10-21-19(17)24-18(16)15-11-22-20(26-3)23-12-15/h9-13,25H,5,7-8H2,1-3H3,(H,21,24). The molecule has 0 atom stereocenters. The molecule has 6 nitrogen and oxygen atoms in total. The summed E-state index contributed by atoms with van der Waals surface area (Å²) in [5.74, 6) is 6.48. The fourth-order valence-electron chi connectivity index (χ4n) is 2.83. The molecule has 3 aromatic rings. The maximum absolute atomic E-state index is 8.88. The van der Waals surface area contributed by atoms with Crippen molar-refractivity contribution >= 4 is 11.0 Å². The van der Waals surface area contributed by atoms with Crippen LogP contribution in [0.1, 0.15) is 31.4 Å². The number of ether oxygens (including phenoxy) is 1. The van der Waals surface area contributed by atoms with Gasteiger partial charge in [-0.2, -0.15) is 0 Å². The molecule has 0 aliphatic heterocycles. The van der Waals surface area contributed by atoms with E-state index in [2.05, 4.69) is 51.7 Å². The minimum atomic E-state index is 0.0625. The lowest BCUT2D eigenvalue weighted by Crippen LogP contribution is -1.97. The molecule has 0 spiro atoms. The summed E-state index contributed by atoms with van der Waals surface area (Å²) in [6.07, 6.45) is 6.61. The summed E-state index contributed by atoms with van der Waals surface area (Å²) in [4.78, 5) is 16.3. The second-order valence-electron chi connectivity index (χ2n) is 6.43. The second-order valence-corrected chi connectivity index (χ2v) is 6.43. The first-order chi connectivity index (χ1) is 12.6. The lowest BCUT2D eigenvalue weighted by atomic mass is 9.98. The molecule has 134 valence electrons. The Labute approximate surface area is 152 Å². The molecule has 0 amide bonds. The fraction of sp³-hybridized carbons (Fsp3) is 0.350. The summed E-state index contributed by atoms with van der Waals surface area (Å²) in [6, 6.07) is 2.39. The normalized spacial score (nSPS) is 10.8. The molecule has 0 fully saturated rings. The zero-order valence-electron chi connectivity index (χ0n) is 15.2. The molecule has 3 aromatic heterocycles. The van der Waals surface area contributed by atoms with Gasteiger partial charge in [-0.05, 0) is 24.0 Å². The zero-order chi connectivity index (χ0) is 18.5. The Morgan fingerprint density at radius 3 is 2.62 bits per heavy atom. The van der Waals surface area contributed by atoms with E-state index in [0.29, 0.717) is 18.3 Å². The molecular formula is C20H22N4O2. The average Bonchev–Trinajstić information content (AvgIpc) is 2.99. The number of fused-ring (bicyclic) bond motifs is 1. The van der Waals surface area contributed by atoms with E-state index in [-0.39, 0.29) is 6.61 Å². The highest BCUT2D eigenvalue weighted by Crippen LogP contribution is 2.31. The molecule has 6 heteroatoms. The maximum atomic E-state index is 8.88. The second kappa shape index (κ2) is 7.98. The third-order valence-electron chi connectivity index (χ3n) is 3.94. The quantitative estimate of drug-likeness (QED) is 0.691. The van der Waals surface area contributed by atoms with Crippen molar-refractivity contribution in [3.8, 4) is 29.1 Å². The van der Waals surface area contributed by atoms with Gasteiger partial charge in [0.05, 0.1) is 19.4 Å². The van der Waals surface area contributed by atoms with Crippen molar-refractivity contribution in [2.24, 2.45) is 5.92 Å². The van der Waals surface area contributed by atoms with Crippen molar-refractivity contribution in [1.29, 1.82) is 0 Å². The Bertz CT molecular complexity index is 950. The molecule has 0 aliphatic carbocycles. The monoisotopic (exact) mass is 350 g/mol. The number of rotatable bonds is 5. The van der Waals surface area contributed by atoms with Crippen LogP contribution in [0.3, 0.4) is 0 Å². The van der Waals surface area contributed by atoms with Crippen LogP contribution in [0.5, 0.6) is 6.01 Å². The Kier molecular flexibility index (Phi) is 5.49. The molecule has 0 bridgehead atoms. The van der Waals surface area contributed by atoms with E-state index in [4.69, 9.17) is 9.84 Å². The minimum absolute atomic E-state index is 0.0625. The highest BCUT2D eigenvalue weighted by atomic mass is 16.5. The van der Waals surface area contributed by atoms with Crippen molar-refractivity contribution in [3.63, 3.8) is 0 Å². The number of aliphatic hydroxyl groups excluding tert-OH is 1. The van der Waals surface area contributed by atoms with Gasteiger partial charge in [0, 0.05) is 41.5 Å². The topological polar surface area (TPSA) is 83.9 Å². The first kappa shape index (κ1) is 17.9. The van der Waals surface area contributed by atoms with Crippen molar-refractivity contribution in [1.82, 2.24) is 19.9 Å². The van der Waals surface area contributed by atoms with Gasteiger partial charge in [-0.1, -0.05) is 25.7 Å². The van der Waals surface area contributed by atoms with Crippen molar-refractivity contribution in [3.05, 3.63) is 35.8 Å². The first-order valence-corrected chi connectivity index (χ1v) is 8.59. The van der Waals surface area contributed by atoms with Crippen LogP contribution in [-0.2, 0) is 6.42 Å². The van der Waals surface area contributed by atoms with E-state index in [1.165, 1.54) is 5.56 Å². The van der Waals surface area contributed by atoms with E-state index in [9.17, 15) is 0 Å². The van der Waals surface area contributed by atoms with Gasteiger partial charge in [0.25, 0.3) is 0 Å². The number of methoxy groups -OCH3 is 1. The van der Waals surface area contributed by atoms with Crippen LogP contribution in [0.25, 0.3) is 22.3 Å². The summed E-state index contributed by atoms with van der Waals surface area (Å²) >= 11 is 0. The summed E-state index contributed by atoms with van der Waals surface area (Å²) in [5, 5.41) is 9.94. The first-order valence-electron chi connectivity index (χ1n) is 8.59. The Hall–Kier alpha value is -2.91. The molecule has 0 saturated heterocycles. The van der Waals surface area contributed by atoms with Crippen LogP contribution in [-0.4, -0.2) is 38.8 Å². The molecule has 0 aliphatic rings. The van der Waals surface area contributed by atoms with Crippen LogP contribution in [0, 0.1) is 17.8 Å².